The van der Waals surface area contributed by atoms with Crippen LogP contribution in [-0.4, -0.2) is 8.42 Å². The van der Waals surface area contributed by atoms with E-state index in [1.54, 1.807) is 6.92 Å². The van der Waals surface area contributed by atoms with Gasteiger partial charge in [-0.2, -0.15) is 0 Å². The van der Waals surface area contributed by atoms with Crippen molar-refractivity contribution in [3.05, 3.63) is 62.8 Å². The summed E-state index contributed by atoms with van der Waals surface area (Å²) in [5.41, 5.74) is 0.819. The van der Waals surface area contributed by atoms with E-state index in [4.69, 9.17) is 0 Å². The number of halogens is 3. The van der Waals surface area contributed by atoms with Gasteiger partial charge in [-0.3, -0.25) is 0 Å². The molecule has 0 radical (unpaired) electrons. The summed E-state index contributed by atoms with van der Waals surface area (Å²) in [6.45, 7) is 1.73. The average Bonchev–Trinajstić information content (AvgIpc) is 2.42. The van der Waals surface area contributed by atoms with Crippen molar-refractivity contribution in [2.24, 2.45) is 0 Å². The van der Waals surface area contributed by atoms with Crippen LogP contribution in [0.2, 0.25) is 0 Å². The van der Waals surface area contributed by atoms with Gasteiger partial charge in [0.1, 0.15) is 5.82 Å². The van der Waals surface area contributed by atoms with Gasteiger partial charge in [-0.15, -0.1) is 0 Å². The molecule has 0 aromatic heterocycles. The summed E-state index contributed by atoms with van der Waals surface area (Å²) >= 11 is 6.32. The molecule has 21 heavy (non-hydrogen) atoms. The largest absolute Gasteiger partial charge is 0.241 e. The highest BCUT2D eigenvalue weighted by Crippen LogP contribution is 2.22. The van der Waals surface area contributed by atoms with Crippen molar-refractivity contribution in [2.75, 3.05) is 0 Å². The first-order chi connectivity index (χ1) is 9.79. The lowest BCUT2D eigenvalue weighted by Crippen LogP contribution is -2.27. The van der Waals surface area contributed by atoms with E-state index < -0.39 is 21.9 Å². The minimum Gasteiger partial charge on any atom is -0.207 e. The van der Waals surface area contributed by atoms with Crippen LogP contribution >= 0.6 is 31.9 Å². The summed E-state index contributed by atoms with van der Waals surface area (Å²) in [5, 5.41) is 0. The van der Waals surface area contributed by atoms with E-state index in [2.05, 4.69) is 36.6 Å². The van der Waals surface area contributed by atoms with Gasteiger partial charge in [0.15, 0.2) is 0 Å². The Morgan fingerprint density at radius 3 is 2.29 bits per heavy atom. The van der Waals surface area contributed by atoms with Crippen molar-refractivity contribution in [1.82, 2.24) is 4.72 Å². The zero-order valence-corrected chi connectivity index (χ0v) is 15.0. The van der Waals surface area contributed by atoms with E-state index in [0.29, 0.717) is 0 Å². The van der Waals surface area contributed by atoms with Crippen LogP contribution in [0.15, 0.2) is 56.3 Å². The third-order valence-corrected chi connectivity index (χ3v) is 5.61. The summed E-state index contributed by atoms with van der Waals surface area (Å²) in [7, 11) is -3.78. The van der Waals surface area contributed by atoms with Crippen LogP contribution in [0.4, 0.5) is 4.39 Å². The van der Waals surface area contributed by atoms with Gasteiger partial charge in [-0.25, -0.2) is 17.5 Å². The first kappa shape index (κ1) is 16.6. The summed E-state index contributed by atoms with van der Waals surface area (Å²) in [5.74, 6) is -0.617. The van der Waals surface area contributed by atoms with Crippen molar-refractivity contribution >= 4 is 41.9 Å². The lowest BCUT2D eigenvalue weighted by Gasteiger charge is -2.15. The molecule has 2 rings (SSSR count). The third-order valence-electron chi connectivity index (χ3n) is 2.90. The number of nitrogens with one attached hydrogen (secondary N) is 1. The molecule has 0 bridgehead atoms. The van der Waals surface area contributed by atoms with Crippen LogP contribution < -0.4 is 4.72 Å². The lowest BCUT2D eigenvalue weighted by molar-refractivity contribution is 0.563. The lowest BCUT2D eigenvalue weighted by atomic mass is 10.1. The van der Waals surface area contributed by atoms with Crippen LogP contribution in [0, 0.1) is 5.82 Å². The summed E-state index contributed by atoms with van der Waals surface area (Å²) in [6, 6.07) is 10.6. The quantitative estimate of drug-likeness (QED) is 0.772. The maximum absolute atomic E-state index is 13.5. The Balaban J connectivity index is 2.24. The van der Waals surface area contributed by atoms with Crippen LogP contribution in [0.5, 0.6) is 0 Å². The van der Waals surface area contributed by atoms with Gasteiger partial charge in [0.25, 0.3) is 0 Å². The van der Waals surface area contributed by atoms with Crippen LogP contribution in [0.3, 0.4) is 0 Å². The number of rotatable bonds is 4. The molecule has 0 spiro atoms. The summed E-state index contributed by atoms with van der Waals surface area (Å²) in [6.07, 6.45) is 0. The van der Waals surface area contributed by atoms with Gasteiger partial charge in [-0.1, -0.05) is 28.1 Å². The van der Waals surface area contributed by atoms with E-state index in [1.165, 1.54) is 12.1 Å². The molecule has 0 aliphatic carbocycles. The Morgan fingerprint density at radius 1 is 1.10 bits per heavy atom. The molecular weight excluding hydrogens is 425 g/mol. The molecule has 112 valence electrons. The van der Waals surface area contributed by atoms with Gasteiger partial charge in [0.2, 0.25) is 10.0 Å². The van der Waals surface area contributed by atoms with E-state index >= 15 is 0 Å². The van der Waals surface area contributed by atoms with Gasteiger partial charge in [-0.05, 0) is 58.7 Å². The Hall–Kier alpha value is -0.760. The molecule has 7 heteroatoms. The Morgan fingerprint density at radius 2 is 1.71 bits per heavy atom. The molecule has 0 fully saturated rings. The first-order valence-corrected chi connectivity index (χ1v) is 9.09. The molecule has 0 saturated carbocycles. The fourth-order valence-electron chi connectivity index (χ4n) is 1.76. The molecule has 1 atom stereocenters. The van der Waals surface area contributed by atoms with Gasteiger partial charge >= 0.3 is 0 Å². The molecule has 0 unspecified atom stereocenters. The molecule has 0 saturated heterocycles. The van der Waals surface area contributed by atoms with E-state index in [9.17, 15) is 12.8 Å². The Labute approximate surface area is 139 Å². The van der Waals surface area contributed by atoms with Crippen molar-refractivity contribution in [2.45, 2.75) is 17.9 Å². The molecule has 3 nitrogen and oxygen atoms in total. The Bertz CT molecular complexity index is 748. The SMILES string of the molecule is C[C@@H](NS(=O)(=O)c1ccc(Br)c(F)c1)c1ccc(Br)cc1. The standard InChI is InChI=1S/C14H12Br2FNO2S/c1-9(10-2-4-11(15)5-3-10)18-21(19,20)12-6-7-13(16)14(17)8-12/h2-9,18H,1H3/t9-/m1/s1. The maximum atomic E-state index is 13.5. The molecule has 0 amide bonds. The van der Waals surface area contributed by atoms with E-state index in [-0.39, 0.29) is 9.37 Å². The van der Waals surface area contributed by atoms with Gasteiger partial charge in [0.05, 0.1) is 9.37 Å². The van der Waals surface area contributed by atoms with Crippen molar-refractivity contribution in [3.63, 3.8) is 0 Å². The van der Waals surface area contributed by atoms with Crippen molar-refractivity contribution in [1.29, 1.82) is 0 Å². The highest BCUT2D eigenvalue weighted by atomic mass is 79.9. The zero-order valence-electron chi connectivity index (χ0n) is 11.0. The number of sulfonamides is 1. The predicted octanol–water partition coefficient (Wildman–Crippen LogP) is 4.39. The highest BCUT2D eigenvalue weighted by Gasteiger charge is 2.19. The zero-order chi connectivity index (χ0) is 15.6. The second kappa shape index (κ2) is 6.56. The van der Waals surface area contributed by atoms with Gasteiger partial charge in [0, 0.05) is 10.5 Å². The third kappa shape index (κ3) is 4.12. The molecule has 2 aromatic carbocycles. The molecule has 0 aliphatic heterocycles. The van der Waals surface area contributed by atoms with Crippen molar-refractivity contribution < 1.29 is 12.8 Å². The first-order valence-electron chi connectivity index (χ1n) is 6.02. The number of benzene rings is 2. The average molecular weight is 437 g/mol. The number of hydrogen-bond donors (Lipinski definition) is 1. The fourth-order valence-corrected chi connectivity index (χ4v) is 3.52. The predicted molar refractivity (Wildman–Crippen MR) is 87.0 cm³/mol. The summed E-state index contributed by atoms with van der Waals surface area (Å²) < 4.78 is 41.6. The molecule has 0 heterocycles. The van der Waals surface area contributed by atoms with Gasteiger partial charge < -0.3 is 0 Å². The molecular formula is C14H12Br2FNO2S. The van der Waals surface area contributed by atoms with E-state index in [1.807, 2.05) is 24.3 Å². The Kier molecular flexibility index (Phi) is 5.19. The normalized spacial score (nSPS) is 13.1. The highest BCUT2D eigenvalue weighted by molar-refractivity contribution is 9.10. The van der Waals surface area contributed by atoms with Crippen molar-refractivity contribution in [3.8, 4) is 0 Å². The number of hydrogen-bond acceptors (Lipinski definition) is 2. The van der Waals surface area contributed by atoms with Crippen LogP contribution in [0.25, 0.3) is 0 Å². The minimum atomic E-state index is -3.78. The smallest absolute Gasteiger partial charge is 0.207 e. The fraction of sp³-hybridized carbons (Fsp3) is 0.143. The van der Waals surface area contributed by atoms with Crippen LogP contribution in [0.1, 0.15) is 18.5 Å². The molecule has 1 N–H and O–H groups in total. The monoisotopic (exact) mass is 435 g/mol. The second-order valence-corrected chi connectivity index (χ2v) is 7.95. The second-order valence-electron chi connectivity index (χ2n) is 4.47. The van der Waals surface area contributed by atoms with E-state index in [0.717, 1.165) is 16.1 Å². The molecule has 0 aliphatic rings. The topological polar surface area (TPSA) is 46.2 Å². The molecule has 2 aromatic rings. The maximum Gasteiger partial charge on any atom is 0.241 e. The minimum absolute atomic E-state index is 0.104. The van der Waals surface area contributed by atoms with Crippen LogP contribution in [-0.2, 0) is 10.0 Å². The summed E-state index contributed by atoms with van der Waals surface area (Å²) in [4.78, 5) is -0.104.